The Bertz CT molecular complexity index is 701. The quantitative estimate of drug-likeness (QED) is 0.856. The summed E-state index contributed by atoms with van der Waals surface area (Å²) < 4.78 is 1.59. The Morgan fingerprint density at radius 2 is 1.95 bits per heavy atom. The standard InChI is InChI=1S/C16H20ClN3O2/c1-11-12(2)20(16(22)19-11)10-8-15(21)18-9-7-13-3-5-14(17)6-4-13/h3-6H,7-10H2,1-2H3,(H,18,21)(H,19,22). The van der Waals surface area contributed by atoms with E-state index in [4.69, 9.17) is 11.6 Å². The number of nitrogens with one attached hydrogen (secondary N) is 2. The summed E-state index contributed by atoms with van der Waals surface area (Å²) in [6.07, 6.45) is 1.05. The third-order valence-electron chi connectivity index (χ3n) is 3.70. The molecule has 6 heteroatoms. The Hall–Kier alpha value is -2.01. The fourth-order valence-electron chi connectivity index (χ4n) is 2.24. The van der Waals surface area contributed by atoms with Gasteiger partial charge in [-0.25, -0.2) is 4.79 Å². The van der Waals surface area contributed by atoms with Gasteiger partial charge in [-0.15, -0.1) is 0 Å². The molecule has 2 N–H and O–H groups in total. The molecule has 0 aliphatic carbocycles. The molecule has 0 aliphatic heterocycles. The fourth-order valence-corrected chi connectivity index (χ4v) is 2.37. The van der Waals surface area contributed by atoms with Gasteiger partial charge in [-0.3, -0.25) is 9.36 Å². The topological polar surface area (TPSA) is 66.9 Å². The van der Waals surface area contributed by atoms with Crippen molar-refractivity contribution in [1.29, 1.82) is 0 Å². The lowest BCUT2D eigenvalue weighted by Gasteiger charge is -2.07. The van der Waals surface area contributed by atoms with E-state index in [2.05, 4.69) is 10.3 Å². The average molecular weight is 322 g/mol. The molecule has 1 heterocycles. The number of rotatable bonds is 6. The van der Waals surface area contributed by atoms with E-state index in [0.29, 0.717) is 24.5 Å². The van der Waals surface area contributed by atoms with Crippen LogP contribution in [-0.4, -0.2) is 22.0 Å². The molecular weight excluding hydrogens is 302 g/mol. The Morgan fingerprint density at radius 3 is 2.55 bits per heavy atom. The number of aromatic amines is 1. The van der Waals surface area contributed by atoms with E-state index in [-0.39, 0.29) is 11.6 Å². The summed E-state index contributed by atoms with van der Waals surface area (Å²) in [4.78, 5) is 26.2. The van der Waals surface area contributed by atoms with Crippen molar-refractivity contribution in [1.82, 2.24) is 14.9 Å². The van der Waals surface area contributed by atoms with Crippen LogP contribution in [0, 0.1) is 13.8 Å². The zero-order valence-corrected chi connectivity index (χ0v) is 13.5. The number of benzene rings is 1. The van der Waals surface area contributed by atoms with Gasteiger partial charge in [-0.1, -0.05) is 23.7 Å². The van der Waals surface area contributed by atoms with Crippen LogP contribution in [0.5, 0.6) is 0 Å². The summed E-state index contributed by atoms with van der Waals surface area (Å²) in [7, 11) is 0. The lowest BCUT2D eigenvalue weighted by atomic mass is 10.1. The first-order valence-corrected chi connectivity index (χ1v) is 7.62. The molecule has 22 heavy (non-hydrogen) atoms. The van der Waals surface area contributed by atoms with Gasteiger partial charge >= 0.3 is 5.69 Å². The second kappa shape index (κ2) is 7.31. The molecule has 0 fully saturated rings. The highest BCUT2D eigenvalue weighted by molar-refractivity contribution is 6.30. The fraction of sp³-hybridized carbons (Fsp3) is 0.375. The molecule has 2 aromatic rings. The highest BCUT2D eigenvalue weighted by atomic mass is 35.5. The first-order chi connectivity index (χ1) is 10.5. The molecular formula is C16H20ClN3O2. The minimum Gasteiger partial charge on any atom is -0.356 e. The summed E-state index contributed by atoms with van der Waals surface area (Å²) in [6.45, 7) is 4.67. The monoisotopic (exact) mass is 321 g/mol. The molecule has 0 radical (unpaired) electrons. The van der Waals surface area contributed by atoms with E-state index in [9.17, 15) is 9.59 Å². The maximum absolute atomic E-state index is 11.8. The van der Waals surface area contributed by atoms with Gasteiger partial charge in [-0.05, 0) is 38.0 Å². The van der Waals surface area contributed by atoms with Crippen LogP contribution in [0.4, 0.5) is 0 Å². The molecule has 118 valence electrons. The molecule has 0 unspecified atom stereocenters. The Labute approximate surface area is 134 Å². The van der Waals surface area contributed by atoms with Crippen molar-refractivity contribution in [3.8, 4) is 0 Å². The van der Waals surface area contributed by atoms with Crippen LogP contribution in [-0.2, 0) is 17.8 Å². The molecule has 0 saturated heterocycles. The molecule has 0 atom stereocenters. The maximum Gasteiger partial charge on any atom is 0.325 e. The number of imidazole rings is 1. The second-order valence-electron chi connectivity index (χ2n) is 5.27. The molecule has 2 rings (SSSR count). The van der Waals surface area contributed by atoms with E-state index in [0.717, 1.165) is 23.4 Å². The summed E-state index contributed by atoms with van der Waals surface area (Å²) in [5.41, 5.74) is 2.68. The molecule has 0 aliphatic rings. The van der Waals surface area contributed by atoms with Gasteiger partial charge in [0.25, 0.3) is 0 Å². The lowest BCUT2D eigenvalue weighted by molar-refractivity contribution is -0.121. The van der Waals surface area contributed by atoms with Crippen LogP contribution in [0.1, 0.15) is 23.4 Å². The van der Waals surface area contributed by atoms with Crippen LogP contribution in [0.3, 0.4) is 0 Å². The summed E-state index contributed by atoms with van der Waals surface area (Å²) in [5, 5.41) is 3.57. The number of hydrogen-bond acceptors (Lipinski definition) is 2. The van der Waals surface area contributed by atoms with Crippen LogP contribution in [0.15, 0.2) is 29.1 Å². The van der Waals surface area contributed by atoms with Crippen LogP contribution < -0.4 is 11.0 Å². The normalized spacial score (nSPS) is 10.7. The zero-order chi connectivity index (χ0) is 16.1. The number of aromatic nitrogens is 2. The number of halogens is 1. The van der Waals surface area contributed by atoms with Gasteiger partial charge in [-0.2, -0.15) is 0 Å². The molecule has 0 bridgehead atoms. The first kappa shape index (κ1) is 16.4. The highest BCUT2D eigenvalue weighted by Crippen LogP contribution is 2.09. The molecule has 0 saturated carbocycles. The van der Waals surface area contributed by atoms with E-state index in [1.54, 1.807) is 4.57 Å². The van der Waals surface area contributed by atoms with Gasteiger partial charge in [0.2, 0.25) is 5.91 Å². The van der Waals surface area contributed by atoms with E-state index in [1.807, 2.05) is 38.1 Å². The SMILES string of the molecule is Cc1[nH]c(=O)n(CCC(=O)NCCc2ccc(Cl)cc2)c1C. The predicted molar refractivity (Wildman–Crippen MR) is 87.3 cm³/mol. The number of amides is 1. The Morgan fingerprint density at radius 1 is 1.27 bits per heavy atom. The first-order valence-electron chi connectivity index (χ1n) is 7.24. The molecule has 0 spiro atoms. The number of carbonyl (C=O) groups excluding carboxylic acids is 1. The van der Waals surface area contributed by atoms with Gasteiger partial charge in [0.1, 0.15) is 0 Å². The number of aryl methyl sites for hydroxylation is 1. The third kappa shape index (κ3) is 4.24. The van der Waals surface area contributed by atoms with Crippen molar-refractivity contribution in [2.75, 3.05) is 6.54 Å². The Kier molecular flexibility index (Phi) is 5.44. The van der Waals surface area contributed by atoms with Crippen molar-refractivity contribution >= 4 is 17.5 Å². The molecule has 1 amide bonds. The smallest absolute Gasteiger partial charge is 0.325 e. The average Bonchev–Trinajstić information content (AvgIpc) is 2.72. The maximum atomic E-state index is 11.8. The van der Waals surface area contributed by atoms with Gasteiger partial charge in [0.05, 0.1) is 0 Å². The number of hydrogen-bond donors (Lipinski definition) is 2. The van der Waals surface area contributed by atoms with Crippen LogP contribution >= 0.6 is 11.6 Å². The number of H-pyrrole nitrogens is 1. The summed E-state index contributed by atoms with van der Waals surface area (Å²) in [5.74, 6) is -0.0564. The van der Waals surface area contributed by atoms with Crippen molar-refractivity contribution in [2.45, 2.75) is 33.2 Å². The van der Waals surface area contributed by atoms with Crippen molar-refractivity contribution in [3.63, 3.8) is 0 Å². The lowest BCUT2D eigenvalue weighted by Crippen LogP contribution is -2.28. The highest BCUT2D eigenvalue weighted by Gasteiger charge is 2.08. The van der Waals surface area contributed by atoms with E-state index in [1.165, 1.54) is 0 Å². The predicted octanol–water partition coefficient (Wildman–Crippen LogP) is 2.20. The van der Waals surface area contributed by atoms with E-state index >= 15 is 0 Å². The molecule has 5 nitrogen and oxygen atoms in total. The Balaban J connectivity index is 1.76. The van der Waals surface area contributed by atoms with Crippen molar-refractivity contribution in [2.24, 2.45) is 0 Å². The van der Waals surface area contributed by atoms with Crippen molar-refractivity contribution in [3.05, 3.63) is 56.7 Å². The van der Waals surface area contributed by atoms with Gasteiger partial charge in [0, 0.05) is 35.9 Å². The number of nitrogens with zero attached hydrogens (tertiary/aromatic N) is 1. The van der Waals surface area contributed by atoms with Crippen molar-refractivity contribution < 1.29 is 4.79 Å². The zero-order valence-electron chi connectivity index (χ0n) is 12.8. The van der Waals surface area contributed by atoms with Gasteiger partial charge < -0.3 is 10.3 Å². The van der Waals surface area contributed by atoms with E-state index < -0.39 is 0 Å². The third-order valence-corrected chi connectivity index (χ3v) is 3.95. The molecule has 1 aromatic heterocycles. The van der Waals surface area contributed by atoms with Crippen LogP contribution in [0.25, 0.3) is 0 Å². The molecule has 1 aromatic carbocycles. The minimum absolute atomic E-state index is 0.0564. The minimum atomic E-state index is -0.163. The largest absolute Gasteiger partial charge is 0.356 e. The summed E-state index contributed by atoms with van der Waals surface area (Å²) in [6, 6.07) is 7.56. The second-order valence-corrected chi connectivity index (χ2v) is 5.71. The van der Waals surface area contributed by atoms with Gasteiger partial charge in [0.15, 0.2) is 0 Å². The number of carbonyl (C=O) groups is 1. The van der Waals surface area contributed by atoms with Crippen LogP contribution in [0.2, 0.25) is 5.02 Å². The summed E-state index contributed by atoms with van der Waals surface area (Å²) >= 11 is 5.82.